The summed E-state index contributed by atoms with van der Waals surface area (Å²) in [7, 11) is -1.21. The van der Waals surface area contributed by atoms with Crippen molar-refractivity contribution < 1.29 is 10.2 Å². The van der Waals surface area contributed by atoms with Crippen LogP contribution in [0, 0.1) is 0 Å². The molecule has 2 nitrogen and oxygen atoms in total. The molecule has 3 heteroatoms. The lowest BCUT2D eigenvalue weighted by Crippen LogP contribution is -2.25. The Hall–Kier alpha value is -2.83. The van der Waals surface area contributed by atoms with Gasteiger partial charge in [-0.1, -0.05) is 96.1 Å². The van der Waals surface area contributed by atoms with Gasteiger partial charge in [-0.25, -0.2) is 0 Å². The van der Waals surface area contributed by atoms with E-state index in [9.17, 15) is 10.2 Å². The molecule has 0 saturated carbocycles. The third kappa shape index (κ3) is 4.63. The standard InChI is InChI=1S/C30H33O2P/c1-29(2,3)21-14-16-24(31)27(18-21)33(26-13-9-11-20-10-7-8-12-23(20)26)28-19-22(30(4,5)6)15-17-25(28)32/h7-19,31-32H,1-6H3. The van der Waals surface area contributed by atoms with Crippen molar-refractivity contribution in [3.05, 3.63) is 90.0 Å². The molecule has 33 heavy (non-hydrogen) atoms. The van der Waals surface area contributed by atoms with Crippen molar-refractivity contribution in [1.82, 2.24) is 0 Å². The van der Waals surface area contributed by atoms with E-state index in [1.807, 2.05) is 18.2 Å². The predicted octanol–water partition coefficient (Wildman–Crippen LogP) is 6.60. The fourth-order valence-corrected chi connectivity index (χ4v) is 6.73. The summed E-state index contributed by atoms with van der Waals surface area (Å²) in [5.41, 5.74) is 2.21. The minimum absolute atomic E-state index is 0.0580. The number of hydrogen-bond donors (Lipinski definition) is 2. The molecular weight excluding hydrogens is 423 g/mol. The van der Waals surface area contributed by atoms with Gasteiger partial charge in [0.15, 0.2) is 0 Å². The first-order chi connectivity index (χ1) is 15.5. The molecule has 0 unspecified atom stereocenters. The van der Waals surface area contributed by atoms with Gasteiger partial charge in [-0.05, 0) is 70.2 Å². The van der Waals surface area contributed by atoms with Gasteiger partial charge in [0.05, 0.1) is 0 Å². The Morgan fingerprint density at radius 2 is 1.03 bits per heavy atom. The van der Waals surface area contributed by atoms with Crippen LogP contribution in [0.25, 0.3) is 10.8 Å². The minimum Gasteiger partial charge on any atom is -0.507 e. The summed E-state index contributed by atoms with van der Waals surface area (Å²) < 4.78 is 0. The van der Waals surface area contributed by atoms with Crippen molar-refractivity contribution >= 4 is 34.6 Å². The van der Waals surface area contributed by atoms with E-state index in [-0.39, 0.29) is 22.3 Å². The highest BCUT2D eigenvalue weighted by Crippen LogP contribution is 2.43. The Labute approximate surface area is 198 Å². The number of rotatable bonds is 3. The Morgan fingerprint density at radius 1 is 0.545 bits per heavy atom. The molecule has 0 heterocycles. The number of benzene rings is 4. The molecule has 0 bridgehead atoms. The number of phenolic OH excluding ortho intramolecular Hbond substituents is 2. The lowest BCUT2D eigenvalue weighted by Gasteiger charge is -2.27. The molecule has 4 rings (SSSR count). The summed E-state index contributed by atoms with van der Waals surface area (Å²) in [6, 6.07) is 26.5. The number of hydrogen-bond acceptors (Lipinski definition) is 2. The van der Waals surface area contributed by atoms with Gasteiger partial charge in [0.1, 0.15) is 11.5 Å². The number of phenols is 2. The van der Waals surface area contributed by atoms with E-state index in [2.05, 4.69) is 90.1 Å². The molecule has 0 aromatic heterocycles. The number of aromatic hydroxyl groups is 2. The second-order valence-corrected chi connectivity index (χ2v) is 12.9. The average molecular weight is 457 g/mol. The van der Waals surface area contributed by atoms with Crippen LogP contribution in [-0.4, -0.2) is 10.2 Å². The van der Waals surface area contributed by atoms with Gasteiger partial charge in [-0.3, -0.25) is 0 Å². The van der Waals surface area contributed by atoms with Crippen LogP contribution in [0.5, 0.6) is 11.5 Å². The zero-order chi connectivity index (χ0) is 24.0. The van der Waals surface area contributed by atoms with Gasteiger partial charge in [0, 0.05) is 10.6 Å². The van der Waals surface area contributed by atoms with Gasteiger partial charge < -0.3 is 10.2 Å². The summed E-state index contributed by atoms with van der Waals surface area (Å²) in [4.78, 5) is 0. The van der Waals surface area contributed by atoms with E-state index < -0.39 is 7.92 Å². The van der Waals surface area contributed by atoms with Gasteiger partial charge in [-0.2, -0.15) is 0 Å². The van der Waals surface area contributed by atoms with Crippen LogP contribution >= 0.6 is 7.92 Å². The lowest BCUT2D eigenvalue weighted by molar-refractivity contribution is 0.478. The van der Waals surface area contributed by atoms with Crippen molar-refractivity contribution in [2.75, 3.05) is 0 Å². The molecular formula is C30H33O2P. The van der Waals surface area contributed by atoms with Crippen LogP contribution < -0.4 is 15.9 Å². The lowest BCUT2D eigenvalue weighted by atomic mass is 9.87. The smallest absolute Gasteiger partial charge is 0.123 e. The average Bonchev–Trinajstić information content (AvgIpc) is 2.75. The quantitative estimate of drug-likeness (QED) is 0.341. The first kappa shape index (κ1) is 23.3. The third-order valence-electron chi connectivity index (χ3n) is 6.17. The van der Waals surface area contributed by atoms with Gasteiger partial charge in [0.2, 0.25) is 0 Å². The molecule has 4 aromatic carbocycles. The van der Waals surface area contributed by atoms with Gasteiger partial charge >= 0.3 is 0 Å². The SMILES string of the molecule is CC(C)(C)c1ccc(O)c(P(c2cc(C(C)(C)C)ccc2O)c2cccc3ccccc23)c1. The van der Waals surface area contributed by atoms with Crippen molar-refractivity contribution in [1.29, 1.82) is 0 Å². The summed E-state index contributed by atoms with van der Waals surface area (Å²) >= 11 is 0. The maximum Gasteiger partial charge on any atom is 0.123 e. The van der Waals surface area contributed by atoms with Crippen LogP contribution in [-0.2, 0) is 10.8 Å². The van der Waals surface area contributed by atoms with Gasteiger partial charge in [0.25, 0.3) is 0 Å². The molecule has 170 valence electrons. The maximum absolute atomic E-state index is 11.1. The van der Waals surface area contributed by atoms with Crippen LogP contribution in [0.4, 0.5) is 0 Å². The molecule has 0 fully saturated rings. The highest BCUT2D eigenvalue weighted by atomic mass is 31.1. The normalized spacial score (nSPS) is 12.5. The monoisotopic (exact) mass is 456 g/mol. The van der Waals surface area contributed by atoms with E-state index in [0.717, 1.165) is 37.8 Å². The molecule has 4 aromatic rings. The van der Waals surface area contributed by atoms with Crippen molar-refractivity contribution in [3.63, 3.8) is 0 Å². The fraction of sp³-hybridized carbons (Fsp3) is 0.267. The molecule has 0 amide bonds. The summed E-state index contributed by atoms with van der Waals surface area (Å²) in [5.74, 6) is 0.533. The molecule has 2 N–H and O–H groups in total. The first-order valence-corrected chi connectivity index (χ1v) is 12.8. The van der Waals surface area contributed by atoms with Crippen molar-refractivity contribution in [2.24, 2.45) is 0 Å². The minimum atomic E-state index is -1.21. The second kappa shape index (κ2) is 8.50. The van der Waals surface area contributed by atoms with Crippen LogP contribution in [0.15, 0.2) is 78.9 Å². The maximum atomic E-state index is 11.1. The van der Waals surface area contributed by atoms with E-state index in [4.69, 9.17) is 0 Å². The molecule has 0 aliphatic carbocycles. The fourth-order valence-electron chi connectivity index (χ4n) is 4.13. The molecule has 0 aliphatic rings. The zero-order valence-electron chi connectivity index (χ0n) is 20.3. The summed E-state index contributed by atoms with van der Waals surface area (Å²) in [6.45, 7) is 13.1. The van der Waals surface area contributed by atoms with E-state index >= 15 is 0 Å². The molecule has 0 aliphatic heterocycles. The van der Waals surface area contributed by atoms with Crippen LogP contribution in [0.1, 0.15) is 52.7 Å². The Balaban J connectivity index is 2.08. The second-order valence-electron chi connectivity index (χ2n) is 10.7. The Bertz CT molecular complexity index is 1240. The van der Waals surface area contributed by atoms with E-state index in [1.54, 1.807) is 12.1 Å². The Kier molecular flexibility index (Phi) is 6.01. The summed E-state index contributed by atoms with van der Waals surface area (Å²) in [6.07, 6.45) is 0. The number of fused-ring (bicyclic) bond motifs is 1. The zero-order valence-corrected chi connectivity index (χ0v) is 21.2. The third-order valence-corrected chi connectivity index (χ3v) is 8.72. The van der Waals surface area contributed by atoms with E-state index in [1.165, 1.54) is 0 Å². The van der Waals surface area contributed by atoms with Gasteiger partial charge in [-0.15, -0.1) is 0 Å². The largest absolute Gasteiger partial charge is 0.507 e. The Morgan fingerprint density at radius 3 is 1.55 bits per heavy atom. The predicted molar refractivity (Wildman–Crippen MR) is 143 cm³/mol. The molecule has 0 atom stereocenters. The van der Waals surface area contributed by atoms with Crippen LogP contribution in [0.2, 0.25) is 0 Å². The van der Waals surface area contributed by atoms with Crippen molar-refractivity contribution in [2.45, 2.75) is 52.4 Å². The van der Waals surface area contributed by atoms with E-state index in [0.29, 0.717) is 0 Å². The highest BCUT2D eigenvalue weighted by molar-refractivity contribution is 7.80. The molecule has 0 saturated heterocycles. The first-order valence-electron chi connectivity index (χ1n) is 11.4. The molecule has 0 spiro atoms. The van der Waals surface area contributed by atoms with Crippen LogP contribution in [0.3, 0.4) is 0 Å². The summed E-state index contributed by atoms with van der Waals surface area (Å²) in [5, 5.41) is 27.4. The van der Waals surface area contributed by atoms with Crippen molar-refractivity contribution in [3.8, 4) is 11.5 Å². The topological polar surface area (TPSA) is 40.5 Å². The highest BCUT2D eigenvalue weighted by Gasteiger charge is 2.28. The molecule has 0 radical (unpaired) electrons.